The summed E-state index contributed by atoms with van der Waals surface area (Å²) in [5.41, 5.74) is 6.14. The smallest absolute Gasteiger partial charge is 0.329 e. The number of aryl methyl sites for hydroxylation is 2. The van der Waals surface area contributed by atoms with E-state index in [2.05, 4.69) is 45.4 Å². The lowest BCUT2D eigenvalue weighted by Crippen LogP contribution is -2.45. The standard InChI is InChI=1S/C22H26N4O3.C4H10.C2H6ClN/c1-2-29-21(27)18(13-19-23-10-5-11-24-19)25-22(28)26-20-16-8-3-6-14(16)12-15-7-4-9-17(15)20;1-3-4-2;1-2-4-3/h5,10-12,18H,2-4,6-9,13H2,1H3,(H2,25,26,28);3-4H2,1-2H3;4H,2H2,1H3/t18-;;/m1../s1. The Bertz CT molecular complexity index is 947. The molecule has 0 saturated heterocycles. The third-order valence-electron chi connectivity index (χ3n) is 6.23. The molecule has 0 saturated carbocycles. The molecule has 3 N–H and O–H groups in total. The van der Waals surface area contributed by atoms with Crippen molar-refractivity contribution in [2.24, 2.45) is 0 Å². The highest BCUT2D eigenvalue weighted by Gasteiger charge is 2.27. The maximum Gasteiger partial charge on any atom is 0.329 e. The molecule has 1 atom stereocenters. The number of rotatable bonds is 8. The van der Waals surface area contributed by atoms with Crippen molar-refractivity contribution in [1.82, 2.24) is 20.1 Å². The van der Waals surface area contributed by atoms with Crippen molar-refractivity contribution in [3.8, 4) is 0 Å². The van der Waals surface area contributed by atoms with E-state index in [1.54, 1.807) is 25.4 Å². The quantitative estimate of drug-likeness (QED) is 0.315. The summed E-state index contributed by atoms with van der Waals surface area (Å²) in [6, 6.07) is 2.79. The molecule has 4 rings (SSSR count). The Morgan fingerprint density at radius 3 is 2.03 bits per heavy atom. The Balaban J connectivity index is 0.000000530. The van der Waals surface area contributed by atoms with Gasteiger partial charge in [0.15, 0.2) is 0 Å². The van der Waals surface area contributed by atoms with Gasteiger partial charge in [-0.1, -0.05) is 39.7 Å². The minimum Gasteiger partial charge on any atom is -0.464 e. The molecule has 37 heavy (non-hydrogen) atoms. The van der Waals surface area contributed by atoms with Gasteiger partial charge in [0.2, 0.25) is 0 Å². The number of anilines is 1. The third kappa shape index (κ3) is 9.59. The monoisotopic (exact) mass is 531 g/mol. The van der Waals surface area contributed by atoms with E-state index in [9.17, 15) is 9.59 Å². The van der Waals surface area contributed by atoms with E-state index in [0.29, 0.717) is 5.82 Å². The van der Waals surface area contributed by atoms with Crippen LogP contribution in [0.4, 0.5) is 10.5 Å². The number of urea groups is 1. The zero-order valence-electron chi connectivity index (χ0n) is 22.7. The molecule has 8 nitrogen and oxygen atoms in total. The lowest BCUT2D eigenvalue weighted by molar-refractivity contribution is -0.145. The van der Waals surface area contributed by atoms with Gasteiger partial charge in [0.1, 0.15) is 11.9 Å². The molecule has 0 radical (unpaired) electrons. The maximum atomic E-state index is 12.9. The normalized spacial score (nSPS) is 13.6. The number of halogens is 1. The zero-order chi connectivity index (χ0) is 27.0. The van der Waals surface area contributed by atoms with Crippen LogP contribution in [0.3, 0.4) is 0 Å². The molecule has 0 spiro atoms. The van der Waals surface area contributed by atoms with Gasteiger partial charge in [0, 0.05) is 31.0 Å². The number of aromatic nitrogens is 2. The summed E-state index contributed by atoms with van der Waals surface area (Å²) in [5.74, 6) is -0.00836. The van der Waals surface area contributed by atoms with Crippen LogP contribution in [0.1, 0.15) is 81.5 Å². The molecule has 0 aliphatic heterocycles. The lowest BCUT2D eigenvalue weighted by atomic mass is 9.99. The van der Waals surface area contributed by atoms with E-state index >= 15 is 0 Å². The molecule has 2 aliphatic rings. The highest BCUT2D eigenvalue weighted by Crippen LogP contribution is 2.38. The number of esters is 1. The molecule has 0 fully saturated rings. The van der Waals surface area contributed by atoms with Crippen molar-refractivity contribution in [3.05, 3.63) is 52.6 Å². The van der Waals surface area contributed by atoms with Crippen LogP contribution >= 0.6 is 11.8 Å². The highest BCUT2D eigenvalue weighted by atomic mass is 35.5. The van der Waals surface area contributed by atoms with Gasteiger partial charge < -0.3 is 15.4 Å². The van der Waals surface area contributed by atoms with Gasteiger partial charge >= 0.3 is 12.0 Å². The van der Waals surface area contributed by atoms with Crippen molar-refractivity contribution in [2.45, 2.75) is 91.5 Å². The first-order valence-electron chi connectivity index (χ1n) is 13.5. The van der Waals surface area contributed by atoms with Gasteiger partial charge in [-0.3, -0.25) is 0 Å². The average molecular weight is 532 g/mol. The number of nitrogens with one attached hydrogen (secondary N) is 3. The van der Waals surface area contributed by atoms with Gasteiger partial charge in [-0.05, 0) is 85.5 Å². The Kier molecular flexibility index (Phi) is 14.0. The molecular formula is C28H42ClN5O3. The van der Waals surface area contributed by atoms with Crippen LogP contribution in [0.5, 0.6) is 0 Å². The molecule has 1 aromatic carbocycles. The zero-order valence-corrected chi connectivity index (χ0v) is 23.4. The van der Waals surface area contributed by atoms with E-state index in [1.807, 2.05) is 6.92 Å². The van der Waals surface area contributed by atoms with E-state index in [-0.39, 0.29) is 13.0 Å². The van der Waals surface area contributed by atoms with Crippen molar-refractivity contribution in [1.29, 1.82) is 0 Å². The SMILES string of the molecule is CCCC.CCNCl.CCOC(=O)[C@@H](Cc1ncccn1)NC(=O)Nc1c2c(cc3c1CCC3)CCC2. The van der Waals surface area contributed by atoms with Crippen LogP contribution in [-0.4, -0.2) is 41.2 Å². The van der Waals surface area contributed by atoms with Crippen LogP contribution in [0.15, 0.2) is 24.5 Å². The second kappa shape index (κ2) is 16.9. The van der Waals surface area contributed by atoms with Crippen LogP contribution in [0.2, 0.25) is 0 Å². The fourth-order valence-corrected chi connectivity index (χ4v) is 4.33. The first-order chi connectivity index (χ1) is 18.0. The van der Waals surface area contributed by atoms with E-state index in [0.717, 1.165) is 50.8 Å². The molecule has 204 valence electrons. The van der Waals surface area contributed by atoms with Crippen molar-refractivity contribution in [3.63, 3.8) is 0 Å². The molecular weight excluding hydrogens is 490 g/mol. The molecule has 1 aromatic heterocycles. The van der Waals surface area contributed by atoms with E-state index in [4.69, 9.17) is 16.5 Å². The number of amides is 2. The summed E-state index contributed by atoms with van der Waals surface area (Å²) in [4.78, 5) is 36.0. The van der Waals surface area contributed by atoms with Gasteiger partial charge in [-0.15, -0.1) is 0 Å². The number of benzene rings is 1. The van der Waals surface area contributed by atoms with Crippen LogP contribution in [-0.2, 0) is 41.6 Å². The Labute approximate surface area is 226 Å². The molecule has 0 bridgehead atoms. The number of unbranched alkanes of at least 4 members (excludes halogenated alkanes) is 1. The topological polar surface area (TPSA) is 105 Å². The molecule has 2 aliphatic carbocycles. The van der Waals surface area contributed by atoms with Gasteiger partial charge in [-0.2, -0.15) is 0 Å². The number of ether oxygens (including phenoxy) is 1. The molecule has 1 heterocycles. The first kappa shape index (κ1) is 30.5. The van der Waals surface area contributed by atoms with Gasteiger partial charge in [0.05, 0.1) is 6.61 Å². The van der Waals surface area contributed by atoms with Crippen molar-refractivity contribution < 1.29 is 14.3 Å². The molecule has 9 heteroatoms. The van der Waals surface area contributed by atoms with Crippen molar-refractivity contribution >= 4 is 29.5 Å². The van der Waals surface area contributed by atoms with Crippen LogP contribution < -0.4 is 15.5 Å². The summed E-state index contributed by atoms with van der Waals surface area (Å²) in [7, 11) is 0. The maximum absolute atomic E-state index is 12.9. The minimum absolute atomic E-state index is 0.179. The summed E-state index contributed by atoms with van der Waals surface area (Å²) in [6.45, 7) is 9.12. The fourth-order valence-electron chi connectivity index (χ4n) is 4.33. The number of carbonyl (C=O) groups is 2. The van der Waals surface area contributed by atoms with Gasteiger partial charge in [-0.25, -0.2) is 24.4 Å². The predicted molar refractivity (Wildman–Crippen MR) is 149 cm³/mol. The highest BCUT2D eigenvalue weighted by molar-refractivity contribution is 6.13. The molecule has 2 aromatic rings. The molecule has 0 unspecified atom stereocenters. The van der Waals surface area contributed by atoms with E-state index in [1.165, 1.54) is 35.1 Å². The largest absolute Gasteiger partial charge is 0.464 e. The van der Waals surface area contributed by atoms with Crippen molar-refractivity contribution in [2.75, 3.05) is 18.5 Å². The number of hydrogen-bond donors (Lipinski definition) is 3. The average Bonchev–Trinajstić information content (AvgIpc) is 3.59. The summed E-state index contributed by atoms with van der Waals surface area (Å²) in [5, 5.41) is 5.83. The summed E-state index contributed by atoms with van der Waals surface area (Å²) < 4.78 is 5.14. The predicted octanol–water partition coefficient (Wildman–Crippen LogP) is 5.31. The van der Waals surface area contributed by atoms with E-state index < -0.39 is 18.0 Å². The second-order valence-corrected chi connectivity index (χ2v) is 9.26. The third-order valence-corrected chi connectivity index (χ3v) is 6.49. The summed E-state index contributed by atoms with van der Waals surface area (Å²) >= 11 is 4.94. The summed E-state index contributed by atoms with van der Waals surface area (Å²) in [6.07, 6.45) is 12.4. The number of carbonyl (C=O) groups excluding carboxylic acids is 2. The van der Waals surface area contributed by atoms with Crippen LogP contribution in [0, 0.1) is 0 Å². The molecule has 2 amide bonds. The Hall–Kier alpha value is -2.71. The van der Waals surface area contributed by atoms with Crippen LogP contribution in [0.25, 0.3) is 0 Å². The Morgan fingerprint density at radius 1 is 0.973 bits per heavy atom. The van der Waals surface area contributed by atoms with Gasteiger partial charge in [0.25, 0.3) is 0 Å². The number of hydrogen-bond acceptors (Lipinski definition) is 6. The first-order valence-corrected chi connectivity index (χ1v) is 13.9. The number of fused-ring (bicyclic) bond motifs is 2. The lowest BCUT2D eigenvalue weighted by Gasteiger charge is -2.20. The minimum atomic E-state index is -0.845. The number of nitrogens with zero attached hydrogens (tertiary/aromatic N) is 2. The fraction of sp³-hybridized carbons (Fsp3) is 0.571. The second-order valence-electron chi connectivity index (χ2n) is 8.99. The Morgan fingerprint density at radius 2 is 1.54 bits per heavy atom.